The summed E-state index contributed by atoms with van der Waals surface area (Å²) in [6, 6.07) is 16.0. The van der Waals surface area contributed by atoms with Crippen LogP contribution in [0.15, 0.2) is 60.9 Å². The normalized spacial score (nSPS) is 11.9. The van der Waals surface area contributed by atoms with Gasteiger partial charge in [-0.15, -0.1) is 0 Å². The SMILES string of the molecule is CCCCCCCCCc1ccc(-c2ncc(-c3ccc(OC(=O)C(C)OCCC)cc3)cn2)cc1. The molecule has 3 rings (SSSR count). The first-order chi connectivity index (χ1) is 17.6. The number of rotatable bonds is 15. The van der Waals surface area contributed by atoms with E-state index in [1.807, 2.05) is 31.5 Å². The first-order valence-electron chi connectivity index (χ1n) is 13.5. The number of nitrogens with zero attached hydrogens (tertiary/aromatic N) is 2. The number of ether oxygens (including phenoxy) is 2. The molecule has 0 spiro atoms. The van der Waals surface area contributed by atoms with Crippen LogP contribution in [0.5, 0.6) is 5.75 Å². The number of benzene rings is 2. The maximum atomic E-state index is 12.1. The van der Waals surface area contributed by atoms with Crippen LogP contribution in [0.25, 0.3) is 22.5 Å². The number of carbonyl (C=O) groups excluding carboxylic acids is 1. The summed E-state index contributed by atoms with van der Waals surface area (Å²) in [6.07, 6.45) is 14.4. The maximum Gasteiger partial charge on any atom is 0.340 e. The second kappa shape index (κ2) is 15.1. The summed E-state index contributed by atoms with van der Waals surface area (Å²) in [5.74, 6) is 0.815. The molecular weight excluding hydrogens is 448 g/mol. The Balaban J connectivity index is 1.50. The van der Waals surface area contributed by atoms with E-state index < -0.39 is 12.1 Å². The zero-order valence-corrected chi connectivity index (χ0v) is 22.0. The van der Waals surface area contributed by atoms with Crippen LogP contribution in [0.1, 0.15) is 77.7 Å². The molecule has 36 heavy (non-hydrogen) atoms. The molecule has 3 aromatic rings. The van der Waals surface area contributed by atoms with Crippen molar-refractivity contribution in [3.63, 3.8) is 0 Å². The summed E-state index contributed by atoms with van der Waals surface area (Å²) in [7, 11) is 0. The van der Waals surface area contributed by atoms with Crippen molar-refractivity contribution in [3.8, 4) is 28.3 Å². The van der Waals surface area contributed by atoms with Gasteiger partial charge >= 0.3 is 5.97 Å². The predicted molar refractivity (Wildman–Crippen MR) is 146 cm³/mol. The summed E-state index contributed by atoms with van der Waals surface area (Å²) in [5, 5.41) is 0. The molecule has 1 atom stereocenters. The molecule has 5 nitrogen and oxygen atoms in total. The van der Waals surface area contributed by atoms with Crippen LogP contribution in [0.2, 0.25) is 0 Å². The first kappa shape index (κ1) is 27.5. The zero-order valence-electron chi connectivity index (χ0n) is 22.0. The van der Waals surface area contributed by atoms with Gasteiger partial charge in [0.1, 0.15) is 5.75 Å². The van der Waals surface area contributed by atoms with Gasteiger partial charge in [0.25, 0.3) is 0 Å². The summed E-state index contributed by atoms with van der Waals surface area (Å²) in [4.78, 5) is 21.3. The maximum absolute atomic E-state index is 12.1. The molecule has 5 heteroatoms. The van der Waals surface area contributed by atoms with Gasteiger partial charge in [-0.25, -0.2) is 14.8 Å². The molecular formula is C31H40N2O3. The summed E-state index contributed by atoms with van der Waals surface area (Å²) in [6.45, 7) is 6.50. The van der Waals surface area contributed by atoms with Gasteiger partial charge in [0.2, 0.25) is 0 Å². The monoisotopic (exact) mass is 488 g/mol. The summed E-state index contributed by atoms with van der Waals surface area (Å²) in [5.41, 5.74) is 4.26. The van der Waals surface area contributed by atoms with Crippen molar-refractivity contribution in [2.45, 2.75) is 84.7 Å². The molecule has 2 aromatic carbocycles. The van der Waals surface area contributed by atoms with Crippen LogP contribution in [0.3, 0.4) is 0 Å². The van der Waals surface area contributed by atoms with E-state index in [9.17, 15) is 4.79 Å². The van der Waals surface area contributed by atoms with Gasteiger partial charge in [0.15, 0.2) is 11.9 Å². The Morgan fingerprint density at radius 2 is 1.36 bits per heavy atom. The fraction of sp³-hybridized carbons (Fsp3) is 0.452. The molecule has 0 aliphatic carbocycles. The van der Waals surface area contributed by atoms with Crippen molar-refractivity contribution in [3.05, 3.63) is 66.5 Å². The van der Waals surface area contributed by atoms with Crippen LogP contribution in [0, 0.1) is 0 Å². The number of unbranched alkanes of at least 4 members (excludes halogenated alkanes) is 6. The lowest BCUT2D eigenvalue weighted by Gasteiger charge is -2.12. The van der Waals surface area contributed by atoms with E-state index in [-0.39, 0.29) is 0 Å². The van der Waals surface area contributed by atoms with Gasteiger partial charge < -0.3 is 9.47 Å². The van der Waals surface area contributed by atoms with E-state index in [2.05, 4.69) is 41.2 Å². The second-order valence-electron chi connectivity index (χ2n) is 9.32. The van der Waals surface area contributed by atoms with Gasteiger partial charge in [-0.3, -0.25) is 0 Å². The number of esters is 1. The van der Waals surface area contributed by atoms with E-state index in [4.69, 9.17) is 9.47 Å². The number of aromatic nitrogens is 2. The van der Waals surface area contributed by atoms with Crippen LogP contribution in [0.4, 0.5) is 0 Å². The third kappa shape index (κ3) is 8.87. The Labute approximate surface area is 216 Å². The number of hydrogen-bond donors (Lipinski definition) is 0. The lowest BCUT2D eigenvalue weighted by atomic mass is 10.0. The molecule has 0 bridgehead atoms. The average Bonchev–Trinajstić information content (AvgIpc) is 2.92. The lowest BCUT2D eigenvalue weighted by Crippen LogP contribution is -2.26. The van der Waals surface area contributed by atoms with Gasteiger partial charge in [-0.2, -0.15) is 0 Å². The molecule has 0 aliphatic heterocycles. The van der Waals surface area contributed by atoms with Crippen molar-refractivity contribution < 1.29 is 14.3 Å². The predicted octanol–water partition coefficient (Wildman–Crippen LogP) is 7.82. The topological polar surface area (TPSA) is 61.3 Å². The minimum absolute atomic E-state index is 0.391. The molecule has 0 aliphatic rings. The van der Waals surface area contributed by atoms with Crippen LogP contribution in [-0.2, 0) is 16.0 Å². The number of aryl methyl sites for hydroxylation is 1. The highest BCUT2D eigenvalue weighted by Crippen LogP contribution is 2.24. The molecule has 0 saturated heterocycles. The van der Waals surface area contributed by atoms with E-state index in [1.165, 1.54) is 50.5 Å². The molecule has 1 heterocycles. The van der Waals surface area contributed by atoms with Gasteiger partial charge in [0.05, 0.1) is 0 Å². The quantitative estimate of drug-likeness (QED) is 0.124. The van der Waals surface area contributed by atoms with Crippen molar-refractivity contribution in [1.29, 1.82) is 0 Å². The standard InChI is InChI=1S/C31H40N2O3/c1-4-6-7-8-9-10-11-12-25-13-15-27(16-14-25)30-32-22-28(23-33-30)26-17-19-29(20-18-26)36-31(34)24(3)35-21-5-2/h13-20,22-24H,4-12,21H2,1-3H3. The smallest absolute Gasteiger partial charge is 0.340 e. The number of hydrogen-bond acceptors (Lipinski definition) is 5. The zero-order chi connectivity index (χ0) is 25.6. The fourth-order valence-corrected chi connectivity index (χ4v) is 4.01. The molecule has 1 aromatic heterocycles. The van der Waals surface area contributed by atoms with E-state index >= 15 is 0 Å². The van der Waals surface area contributed by atoms with E-state index in [0.717, 1.165) is 29.5 Å². The molecule has 0 N–H and O–H groups in total. The van der Waals surface area contributed by atoms with Gasteiger partial charge in [-0.05, 0) is 49.4 Å². The van der Waals surface area contributed by atoms with Crippen molar-refractivity contribution >= 4 is 5.97 Å². The van der Waals surface area contributed by atoms with Crippen molar-refractivity contribution in [2.24, 2.45) is 0 Å². The second-order valence-corrected chi connectivity index (χ2v) is 9.32. The molecule has 0 amide bonds. The Morgan fingerprint density at radius 1 is 0.750 bits per heavy atom. The highest BCUT2D eigenvalue weighted by molar-refractivity contribution is 5.77. The first-order valence-corrected chi connectivity index (χ1v) is 13.5. The molecule has 0 fully saturated rings. The Bertz CT molecular complexity index is 1030. The Morgan fingerprint density at radius 3 is 2.00 bits per heavy atom. The third-order valence-corrected chi connectivity index (χ3v) is 6.24. The third-order valence-electron chi connectivity index (χ3n) is 6.24. The molecule has 0 saturated carbocycles. The minimum Gasteiger partial charge on any atom is -0.425 e. The van der Waals surface area contributed by atoms with E-state index in [1.54, 1.807) is 19.1 Å². The van der Waals surface area contributed by atoms with Gasteiger partial charge in [-0.1, -0.05) is 88.8 Å². The highest BCUT2D eigenvalue weighted by Gasteiger charge is 2.15. The summed E-state index contributed by atoms with van der Waals surface area (Å²) < 4.78 is 10.8. The largest absolute Gasteiger partial charge is 0.425 e. The highest BCUT2D eigenvalue weighted by atomic mass is 16.6. The van der Waals surface area contributed by atoms with Crippen LogP contribution in [-0.4, -0.2) is 28.6 Å². The summed E-state index contributed by atoms with van der Waals surface area (Å²) >= 11 is 0. The Kier molecular flexibility index (Phi) is 11.6. The molecule has 1 unspecified atom stereocenters. The fourth-order valence-electron chi connectivity index (χ4n) is 4.01. The van der Waals surface area contributed by atoms with Crippen molar-refractivity contribution in [1.82, 2.24) is 9.97 Å². The van der Waals surface area contributed by atoms with Crippen LogP contribution < -0.4 is 4.74 Å². The van der Waals surface area contributed by atoms with E-state index in [0.29, 0.717) is 18.2 Å². The minimum atomic E-state index is -0.583. The van der Waals surface area contributed by atoms with Gasteiger partial charge in [0, 0.05) is 30.1 Å². The molecule has 192 valence electrons. The van der Waals surface area contributed by atoms with Crippen LogP contribution >= 0.6 is 0 Å². The molecule has 0 radical (unpaired) electrons. The lowest BCUT2D eigenvalue weighted by molar-refractivity contribution is -0.146. The average molecular weight is 489 g/mol. The Hall–Kier alpha value is -3.05. The van der Waals surface area contributed by atoms with Crippen molar-refractivity contribution in [2.75, 3.05) is 6.61 Å². The number of carbonyl (C=O) groups is 1.